The number of unbranched alkanes of at least 4 members (excludes halogenated alkanes) is 1. The molecule has 1 aromatic rings. The van der Waals surface area contributed by atoms with Gasteiger partial charge in [0.05, 0.1) is 27.2 Å². The van der Waals surface area contributed by atoms with Crippen LogP contribution in [0.3, 0.4) is 0 Å². The van der Waals surface area contributed by atoms with Crippen LogP contribution in [-0.4, -0.2) is 31.7 Å². The number of rotatable bonds is 8. The van der Waals surface area contributed by atoms with Crippen LogP contribution in [-0.2, 0) is 5.41 Å². The van der Waals surface area contributed by atoms with Crippen molar-refractivity contribution in [3.05, 3.63) is 35.9 Å². The van der Waals surface area contributed by atoms with Gasteiger partial charge in [0.15, 0.2) is 0 Å². The highest BCUT2D eigenvalue weighted by Crippen LogP contribution is 2.28. The molecule has 0 radical (unpaired) electrons. The Morgan fingerprint density at radius 2 is 1.53 bits per heavy atom. The summed E-state index contributed by atoms with van der Waals surface area (Å²) in [7, 11) is 4.73. The first-order chi connectivity index (χ1) is 8.87. The van der Waals surface area contributed by atoms with E-state index in [-0.39, 0.29) is 0 Å². The quantitative estimate of drug-likeness (QED) is 0.600. The van der Waals surface area contributed by atoms with Gasteiger partial charge in [0, 0.05) is 0 Å². The molecule has 0 heterocycles. The van der Waals surface area contributed by atoms with Gasteiger partial charge < -0.3 is 4.48 Å². The van der Waals surface area contributed by atoms with E-state index in [0.717, 1.165) is 0 Å². The van der Waals surface area contributed by atoms with Crippen molar-refractivity contribution < 1.29 is 4.48 Å². The fraction of sp³-hybridized carbons (Fsp3) is 0.667. The zero-order chi connectivity index (χ0) is 14.4. The molecule has 0 fully saturated rings. The molecule has 0 bridgehead atoms. The topological polar surface area (TPSA) is 0 Å². The number of hydrogen-bond donors (Lipinski definition) is 0. The highest BCUT2D eigenvalue weighted by Gasteiger charge is 2.22. The first-order valence-electron chi connectivity index (χ1n) is 7.75. The summed E-state index contributed by atoms with van der Waals surface area (Å²) in [5.74, 6) is 0. The van der Waals surface area contributed by atoms with Crippen molar-refractivity contribution in [1.29, 1.82) is 0 Å². The molecule has 0 spiro atoms. The zero-order valence-corrected chi connectivity index (χ0v) is 13.6. The summed E-state index contributed by atoms with van der Waals surface area (Å²) < 4.78 is 1.17. The van der Waals surface area contributed by atoms with Gasteiger partial charge in [-0.1, -0.05) is 57.5 Å². The average Bonchev–Trinajstić information content (AvgIpc) is 2.37. The van der Waals surface area contributed by atoms with Gasteiger partial charge >= 0.3 is 0 Å². The van der Waals surface area contributed by atoms with E-state index >= 15 is 0 Å². The van der Waals surface area contributed by atoms with Crippen LogP contribution in [0.1, 0.15) is 52.0 Å². The van der Waals surface area contributed by atoms with E-state index in [1.54, 1.807) is 0 Å². The lowest BCUT2D eigenvalue weighted by atomic mass is 9.80. The Labute approximate surface area is 120 Å². The summed E-state index contributed by atoms with van der Waals surface area (Å²) in [6.07, 6.45) is 5.22. The van der Waals surface area contributed by atoms with E-state index in [4.69, 9.17) is 0 Å². The second-order valence-corrected chi connectivity index (χ2v) is 7.09. The Morgan fingerprint density at radius 3 is 2.11 bits per heavy atom. The van der Waals surface area contributed by atoms with Crippen molar-refractivity contribution in [3.8, 4) is 0 Å². The second-order valence-electron chi connectivity index (χ2n) is 7.09. The molecule has 1 rings (SSSR count). The number of benzene rings is 1. The number of quaternary nitrogens is 1. The minimum Gasteiger partial charge on any atom is -0.328 e. The van der Waals surface area contributed by atoms with Crippen LogP contribution in [0.4, 0.5) is 0 Å². The lowest BCUT2D eigenvalue weighted by molar-refractivity contribution is -0.890. The van der Waals surface area contributed by atoms with Crippen molar-refractivity contribution in [3.63, 3.8) is 0 Å². The van der Waals surface area contributed by atoms with Crippen molar-refractivity contribution in [2.75, 3.05) is 27.2 Å². The minimum atomic E-state index is 0.298. The van der Waals surface area contributed by atoms with E-state index in [0.29, 0.717) is 5.41 Å². The van der Waals surface area contributed by atoms with Crippen LogP contribution in [0.2, 0.25) is 0 Å². The average molecular weight is 262 g/mol. The van der Waals surface area contributed by atoms with Gasteiger partial charge in [-0.15, -0.1) is 0 Å². The van der Waals surface area contributed by atoms with Crippen molar-refractivity contribution in [1.82, 2.24) is 0 Å². The SMILES string of the molecule is CCCC[N+](C)(C)CCCC(C)(C)c1ccccc1. The van der Waals surface area contributed by atoms with Crippen LogP contribution in [0.5, 0.6) is 0 Å². The molecule has 0 saturated heterocycles. The predicted octanol–water partition coefficient (Wildman–Crippen LogP) is 4.62. The zero-order valence-electron chi connectivity index (χ0n) is 13.6. The summed E-state index contributed by atoms with van der Waals surface area (Å²) in [4.78, 5) is 0. The van der Waals surface area contributed by atoms with Gasteiger partial charge in [0.25, 0.3) is 0 Å². The maximum absolute atomic E-state index is 2.37. The molecule has 0 saturated carbocycles. The first kappa shape index (κ1) is 16.2. The lowest BCUT2D eigenvalue weighted by Gasteiger charge is -2.32. The van der Waals surface area contributed by atoms with Gasteiger partial charge in [-0.05, 0) is 30.2 Å². The fourth-order valence-corrected chi connectivity index (χ4v) is 2.68. The molecular formula is C18H32N+. The molecule has 1 aromatic carbocycles. The molecule has 1 nitrogen and oxygen atoms in total. The monoisotopic (exact) mass is 262 g/mol. The summed E-state index contributed by atoms with van der Waals surface area (Å²) in [5.41, 5.74) is 1.76. The Bertz CT molecular complexity index is 351. The fourth-order valence-electron chi connectivity index (χ4n) is 2.68. The number of hydrogen-bond acceptors (Lipinski definition) is 0. The van der Waals surface area contributed by atoms with Gasteiger partial charge in [-0.2, -0.15) is 0 Å². The molecule has 0 aromatic heterocycles. The number of nitrogens with zero attached hydrogens (tertiary/aromatic N) is 1. The van der Waals surface area contributed by atoms with Crippen molar-refractivity contribution >= 4 is 0 Å². The molecular weight excluding hydrogens is 230 g/mol. The van der Waals surface area contributed by atoms with Gasteiger partial charge in [0.1, 0.15) is 0 Å². The Hall–Kier alpha value is -0.820. The Balaban J connectivity index is 2.44. The first-order valence-corrected chi connectivity index (χ1v) is 7.75. The van der Waals surface area contributed by atoms with Crippen LogP contribution < -0.4 is 0 Å². The molecule has 0 aliphatic carbocycles. The standard InChI is InChI=1S/C18H32N/c1-6-7-15-19(4,5)16-11-14-18(2,3)17-12-9-8-10-13-17/h8-10,12-13H,6-7,11,14-16H2,1-5H3/q+1. The Morgan fingerprint density at radius 1 is 0.947 bits per heavy atom. The lowest BCUT2D eigenvalue weighted by Crippen LogP contribution is -2.41. The molecule has 0 amide bonds. The highest BCUT2D eigenvalue weighted by molar-refractivity contribution is 5.23. The second kappa shape index (κ2) is 7.09. The van der Waals surface area contributed by atoms with E-state index in [1.807, 2.05) is 0 Å². The van der Waals surface area contributed by atoms with E-state index in [2.05, 4.69) is 65.2 Å². The van der Waals surface area contributed by atoms with Crippen molar-refractivity contribution in [2.24, 2.45) is 0 Å². The normalized spacial score (nSPS) is 12.7. The third-order valence-electron chi connectivity index (χ3n) is 4.24. The maximum atomic E-state index is 2.37. The van der Waals surface area contributed by atoms with Gasteiger partial charge in [-0.3, -0.25) is 0 Å². The van der Waals surface area contributed by atoms with E-state index < -0.39 is 0 Å². The Kier molecular flexibility index (Phi) is 6.06. The van der Waals surface area contributed by atoms with Crippen LogP contribution >= 0.6 is 0 Å². The van der Waals surface area contributed by atoms with E-state index in [1.165, 1.54) is 48.8 Å². The van der Waals surface area contributed by atoms with Crippen molar-refractivity contribution in [2.45, 2.75) is 51.9 Å². The molecule has 19 heavy (non-hydrogen) atoms. The third-order valence-corrected chi connectivity index (χ3v) is 4.24. The van der Waals surface area contributed by atoms with Crippen LogP contribution in [0.25, 0.3) is 0 Å². The summed E-state index contributed by atoms with van der Waals surface area (Å²) in [6.45, 7) is 9.61. The highest BCUT2D eigenvalue weighted by atomic mass is 15.3. The summed E-state index contributed by atoms with van der Waals surface area (Å²) in [5, 5.41) is 0. The maximum Gasteiger partial charge on any atom is 0.0782 e. The molecule has 0 aliphatic heterocycles. The molecule has 108 valence electrons. The smallest absolute Gasteiger partial charge is 0.0782 e. The molecule has 0 unspecified atom stereocenters. The molecule has 0 aliphatic rings. The van der Waals surface area contributed by atoms with Crippen LogP contribution in [0, 0.1) is 0 Å². The third kappa shape index (κ3) is 5.78. The molecule has 0 atom stereocenters. The predicted molar refractivity (Wildman–Crippen MR) is 85.5 cm³/mol. The van der Waals surface area contributed by atoms with Crippen LogP contribution in [0.15, 0.2) is 30.3 Å². The van der Waals surface area contributed by atoms with Gasteiger partial charge in [-0.25, -0.2) is 0 Å². The molecule has 0 N–H and O–H groups in total. The molecule has 1 heteroatoms. The summed E-state index contributed by atoms with van der Waals surface area (Å²) >= 11 is 0. The van der Waals surface area contributed by atoms with E-state index in [9.17, 15) is 0 Å². The largest absolute Gasteiger partial charge is 0.328 e. The van der Waals surface area contributed by atoms with Gasteiger partial charge in [0.2, 0.25) is 0 Å². The minimum absolute atomic E-state index is 0.298. The summed E-state index contributed by atoms with van der Waals surface area (Å²) in [6, 6.07) is 10.9.